The molecule has 0 aliphatic carbocycles. The number of hydrogen-bond acceptors (Lipinski definition) is 4. The Morgan fingerprint density at radius 1 is 1.14 bits per heavy atom. The lowest BCUT2D eigenvalue weighted by Gasteiger charge is -2.51. The number of ether oxygens (including phenoxy) is 1. The summed E-state index contributed by atoms with van der Waals surface area (Å²) in [6.07, 6.45) is 6.49. The zero-order valence-electron chi connectivity index (χ0n) is 17.9. The summed E-state index contributed by atoms with van der Waals surface area (Å²) in [5.74, 6) is 2.48. The molecule has 1 aromatic rings. The highest BCUT2D eigenvalue weighted by Gasteiger charge is 2.40. The molecule has 1 aromatic carbocycles. The van der Waals surface area contributed by atoms with Gasteiger partial charge in [0, 0.05) is 32.8 Å². The Morgan fingerprint density at radius 2 is 1.93 bits per heavy atom. The highest BCUT2D eigenvalue weighted by Crippen LogP contribution is 2.37. The fourth-order valence-corrected chi connectivity index (χ4v) is 5.73. The van der Waals surface area contributed by atoms with Gasteiger partial charge in [0.15, 0.2) is 0 Å². The van der Waals surface area contributed by atoms with Gasteiger partial charge in [-0.1, -0.05) is 30.3 Å². The van der Waals surface area contributed by atoms with Crippen LogP contribution in [0, 0.1) is 17.8 Å². The number of benzene rings is 1. The van der Waals surface area contributed by atoms with Gasteiger partial charge in [-0.25, -0.2) is 0 Å². The van der Waals surface area contributed by atoms with Crippen LogP contribution in [0.4, 0.5) is 0 Å². The number of carbonyl (C=O) groups excluding carboxylic acids is 1. The van der Waals surface area contributed by atoms with E-state index in [0.29, 0.717) is 6.04 Å². The van der Waals surface area contributed by atoms with Crippen molar-refractivity contribution < 1.29 is 9.53 Å². The molecule has 29 heavy (non-hydrogen) atoms. The summed E-state index contributed by atoms with van der Waals surface area (Å²) in [5, 5.41) is 3.04. The molecule has 0 saturated carbocycles. The topological polar surface area (TPSA) is 44.8 Å². The summed E-state index contributed by atoms with van der Waals surface area (Å²) in [6.45, 7) is 7.14. The van der Waals surface area contributed by atoms with Crippen LogP contribution in [0.5, 0.6) is 0 Å². The lowest BCUT2D eigenvalue weighted by Crippen LogP contribution is -2.58. The Labute approximate surface area is 175 Å². The number of rotatable bonds is 8. The molecule has 4 unspecified atom stereocenters. The Bertz CT molecular complexity index is 645. The predicted molar refractivity (Wildman–Crippen MR) is 116 cm³/mol. The average molecular weight is 400 g/mol. The number of nitrogens with zero attached hydrogens (tertiary/aromatic N) is 2. The van der Waals surface area contributed by atoms with Gasteiger partial charge in [-0.2, -0.15) is 0 Å². The Morgan fingerprint density at radius 3 is 2.62 bits per heavy atom. The van der Waals surface area contributed by atoms with Gasteiger partial charge >= 0.3 is 0 Å². The molecule has 4 aliphatic heterocycles. The summed E-state index contributed by atoms with van der Waals surface area (Å²) >= 11 is 0. The highest BCUT2D eigenvalue weighted by molar-refractivity contribution is 5.77. The van der Waals surface area contributed by atoms with Crippen LogP contribution in [0.3, 0.4) is 0 Å². The third kappa shape index (κ3) is 5.59. The summed E-state index contributed by atoms with van der Waals surface area (Å²) in [4.78, 5) is 17.0. The normalized spacial score (nSPS) is 30.4. The molecule has 1 amide bonds. The van der Waals surface area contributed by atoms with Crippen LogP contribution >= 0.6 is 0 Å². The van der Waals surface area contributed by atoms with Crippen LogP contribution in [0.25, 0.3) is 0 Å². The van der Waals surface area contributed by atoms with Crippen LogP contribution in [0.1, 0.15) is 31.2 Å². The van der Waals surface area contributed by atoms with Gasteiger partial charge in [0.05, 0.1) is 0 Å². The Balaban J connectivity index is 1.19. The van der Waals surface area contributed by atoms with E-state index in [-0.39, 0.29) is 12.5 Å². The van der Waals surface area contributed by atoms with E-state index in [1.165, 1.54) is 70.4 Å². The molecular formula is C24H37N3O2. The minimum absolute atomic E-state index is 0.00469. The van der Waals surface area contributed by atoms with Gasteiger partial charge in [-0.3, -0.25) is 9.69 Å². The third-order valence-electron chi connectivity index (χ3n) is 7.39. The number of amides is 1. The molecule has 4 saturated heterocycles. The number of piperidine rings is 4. The molecule has 4 heterocycles. The highest BCUT2D eigenvalue weighted by atomic mass is 16.5. The first-order valence-corrected chi connectivity index (χ1v) is 11.5. The predicted octanol–water partition coefficient (Wildman–Crippen LogP) is 2.41. The van der Waals surface area contributed by atoms with Gasteiger partial charge in [0.25, 0.3) is 0 Å². The van der Waals surface area contributed by atoms with Gasteiger partial charge in [0.1, 0.15) is 6.61 Å². The molecular weight excluding hydrogens is 362 g/mol. The smallest absolute Gasteiger partial charge is 0.246 e. The van der Waals surface area contributed by atoms with Crippen molar-refractivity contribution in [1.29, 1.82) is 0 Å². The molecule has 160 valence electrons. The zero-order chi connectivity index (χ0) is 20.1. The maximum absolute atomic E-state index is 11.7. The van der Waals surface area contributed by atoms with Crippen molar-refractivity contribution in [2.75, 3.05) is 53.0 Å². The van der Waals surface area contributed by atoms with Gasteiger partial charge in [0.2, 0.25) is 5.91 Å². The molecule has 0 radical (unpaired) electrons. The summed E-state index contributed by atoms with van der Waals surface area (Å²) in [5.41, 5.74) is 1.49. The molecule has 4 fully saturated rings. The van der Waals surface area contributed by atoms with Crippen molar-refractivity contribution in [2.45, 2.75) is 38.1 Å². The van der Waals surface area contributed by atoms with Gasteiger partial charge < -0.3 is 15.0 Å². The first-order valence-electron chi connectivity index (χ1n) is 11.5. The second kappa shape index (κ2) is 10.1. The molecule has 0 spiro atoms. The SMILES string of the molecule is COCC(=O)NCC1CC2CCN1CC2CN1CCC(Cc2ccccc2)CC1. The van der Waals surface area contributed by atoms with E-state index in [1.807, 2.05) is 0 Å². The number of likely N-dealkylation sites (tertiary alicyclic amines) is 1. The largest absolute Gasteiger partial charge is 0.375 e. The maximum atomic E-state index is 11.7. The minimum Gasteiger partial charge on any atom is -0.375 e. The number of nitrogens with one attached hydrogen (secondary N) is 1. The molecule has 0 aromatic heterocycles. The number of carbonyl (C=O) groups is 1. The first kappa shape index (κ1) is 20.8. The van der Waals surface area contributed by atoms with E-state index in [2.05, 4.69) is 45.4 Å². The van der Waals surface area contributed by atoms with Crippen LogP contribution in [0.15, 0.2) is 30.3 Å². The van der Waals surface area contributed by atoms with Crippen LogP contribution < -0.4 is 5.32 Å². The van der Waals surface area contributed by atoms with E-state index in [9.17, 15) is 4.79 Å². The molecule has 4 aliphatic rings. The van der Waals surface area contributed by atoms with E-state index in [4.69, 9.17) is 4.74 Å². The van der Waals surface area contributed by atoms with Crippen molar-refractivity contribution in [3.8, 4) is 0 Å². The summed E-state index contributed by atoms with van der Waals surface area (Å²) in [6, 6.07) is 11.5. The quantitative estimate of drug-likeness (QED) is 0.729. The van der Waals surface area contributed by atoms with Crippen LogP contribution in [0.2, 0.25) is 0 Å². The van der Waals surface area contributed by atoms with Gasteiger partial charge in [-0.05, 0) is 75.1 Å². The van der Waals surface area contributed by atoms with Crippen molar-refractivity contribution >= 4 is 5.91 Å². The summed E-state index contributed by atoms with van der Waals surface area (Å²) in [7, 11) is 1.57. The van der Waals surface area contributed by atoms with Gasteiger partial charge in [-0.15, -0.1) is 0 Å². The lowest BCUT2D eigenvalue weighted by atomic mass is 9.75. The van der Waals surface area contributed by atoms with Crippen molar-refractivity contribution in [2.24, 2.45) is 17.8 Å². The lowest BCUT2D eigenvalue weighted by molar-refractivity contribution is -0.125. The number of methoxy groups -OCH3 is 1. The first-order chi connectivity index (χ1) is 14.2. The fourth-order valence-electron chi connectivity index (χ4n) is 5.73. The second-order valence-corrected chi connectivity index (χ2v) is 9.36. The fraction of sp³-hybridized carbons (Fsp3) is 0.708. The molecule has 5 nitrogen and oxygen atoms in total. The molecule has 5 rings (SSSR count). The van der Waals surface area contributed by atoms with Crippen molar-refractivity contribution in [3.05, 3.63) is 35.9 Å². The molecule has 5 heteroatoms. The van der Waals surface area contributed by atoms with E-state index >= 15 is 0 Å². The van der Waals surface area contributed by atoms with Crippen molar-refractivity contribution in [3.63, 3.8) is 0 Å². The molecule has 4 atom stereocenters. The minimum atomic E-state index is 0.00469. The zero-order valence-corrected chi connectivity index (χ0v) is 17.9. The van der Waals surface area contributed by atoms with Crippen LogP contribution in [-0.4, -0.2) is 74.7 Å². The monoisotopic (exact) mass is 399 g/mol. The number of fused-ring (bicyclic) bond motifs is 3. The van der Waals surface area contributed by atoms with Crippen molar-refractivity contribution in [1.82, 2.24) is 15.1 Å². The molecule has 1 N–H and O–H groups in total. The van der Waals surface area contributed by atoms with E-state index < -0.39 is 0 Å². The third-order valence-corrected chi connectivity index (χ3v) is 7.39. The van der Waals surface area contributed by atoms with E-state index in [0.717, 1.165) is 24.3 Å². The van der Waals surface area contributed by atoms with Crippen LogP contribution in [-0.2, 0) is 16.0 Å². The molecule has 2 bridgehead atoms. The summed E-state index contributed by atoms with van der Waals surface area (Å²) < 4.78 is 4.92. The maximum Gasteiger partial charge on any atom is 0.246 e. The Kier molecular flexibility index (Phi) is 7.22. The standard InChI is InChI=1S/C24H37N3O2/c1-29-18-24(28)25-15-23-14-21-9-12-27(23)17-22(21)16-26-10-7-20(8-11-26)13-19-5-3-2-4-6-19/h2-6,20-23H,7-18H2,1H3,(H,25,28). The average Bonchev–Trinajstić information content (AvgIpc) is 2.75. The Hall–Kier alpha value is -1.43. The van der Waals surface area contributed by atoms with E-state index in [1.54, 1.807) is 7.11 Å². The number of hydrogen-bond donors (Lipinski definition) is 1. The second-order valence-electron chi connectivity index (χ2n) is 9.36.